The molecule has 1 heterocycles. The van der Waals surface area contributed by atoms with Crippen LogP contribution < -0.4 is 0 Å². The monoisotopic (exact) mass is 264 g/mol. The highest BCUT2D eigenvalue weighted by Crippen LogP contribution is 2.61. The van der Waals surface area contributed by atoms with Gasteiger partial charge in [-0.2, -0.15) is 0 Å². The molecule has 4 atom stereocenters. The van der Waals surface area contributed by atoms with Gasteiger partial charge in [0.1, 0.15) is 5.76 Å². The predicted octanol–water partition coefficient (Wildman–Crippen LogP) is 3.39. The van der Waals surface area contributed by atoms with Crippen LogP contribution in [0.15, 0.2) is 10.7 Å². The molecule has 0 saturated heterocycles. The zero-order valence-electron chi connectivity index (χ0n) is 12.3. The first-order valence-electron chi connectivity index (χ1n) is 7.26. The van der Waals surface area contributed by atoms with Crippen LogP contribution in [0.1, 0.15) is 56.1 Å². The second kappa shape index (κ2) is 4.10. The molecule has 0 spiro atoms. The molecule has 0 bridgehead atoms. The lowest BCUT2D eigenvalue weighted by atomic mass is 9.51. The third-order valence-corrected chi connectivity index (χ3v) is 5.85. The SMILES string of the molecule is CO[C@@H]1c2c(C)coc2C[C@@]2(O)CCC[C@H](C)[C@]12C. The van der Waals surface area contributed by atoms with Gasteiger partial charge in [0.2, 0.25) is 0 Å². The van der Waals surface area contributed by atoms with Gasteiger partial charge in [-0.3, -0.25) is 0 Å². The van der Waals surface area contributed by atoms with Crippen LogP contribution in [0.4, 0.5) is 0 Å². The summed E-state index contributed by atoms with van der Waals surface area (Å²) in [5.41, 5.74) is 1.37. The van der Waals surface area contributed by atoms with Crippen molar-refractivity contribution < 1.29 is 14.3 Å². The van der Waals surface area contributed by atoms with Crippen molar-refractivity contribution in [3.8, 4) is 0 Å². The molecular formula is C16H24O3. The molecular weight excluding hydrogens is 240 g/mol. The number of aliphatic hydroxyl groups is 1. The predicted molar refractivity (Wildman–Crippen MR) is 73.0 cm³/mol. The Labute approximate surface area is 115 Å². The Hall–Kier alpha value is -0.800. The summed E-state index contributed by atoms with van der Waals surface area (Å²) in [5, 5.41) is 11.2. The fraction of sp³-hybridized carbons (Fsp3) is 0.750. The number of methoxy groups -OCH3 is 1. The molecule has 3 rings (SSSR count). The van der Waals surface area contributed by atoms with Gasteiger partial charge < -0.3 is 14.3 Å². The third kappa shape index (κ3) is 1.52. The van der Waals surface area contributed by atoms with Gasteiger partial charge in [-0.15, -0.1) is 0 Å². The minimum Gasteiger partial charge on any atom is -0.469 e. The first-order valence-corrected chi connectivity index (χ1v) is 7.26. The minimum absolute atomic E-state index is 0.0738. The van der Waals surface area contributed by atoms with E-state index in [1.165, 1.54) is 5.56 Å². The molecule has 0 aromatic carbocycles. The van der Waals surface area contributed by atoms with Crippen molar-refractivity contribution in [1.29, 1.82) is 0 Å². The topological polar surface area (TPSA) is 42.6 Å². The number of furan rings is 1. The van der Waals surface area contributed by atoms with Crippen LogP contribution in [0.5, 0.6) is 0 Å². The van der Waals surface area contributed by atoms with Crippen molar-refractivity contribution in [3.63, 3.8) is 0 Å². The standard InChI is InChI=1S/C16H24O3/c1-10-9-19-12-8-16(17)7-5-6-11(2)15(16,3)14(18-4)13(10)12/h9,11,14,17H,5-8H2,1-4H3/t11-,14+,15+,16-/m0/s1. The van der Waals surface area contributed by atoms with E-state index in [1.807, 2.05) is 0 Å². The van der Waals surface area contributed by atoms with Gasteiger partial charge in [0.15, 0.2) is 0 Å². The molecule has 19 heavy (non-hydrogen) atoms. The zero-order valence-corrected chi connectivity index (χ0v) is 12.3. The van der Waals surface area contributed by atoms with E-state index >= 15 is 0 Å². The van der Waals surface area contributed by atoms with E-state index < -0.39 is 5.60 Å². The Morgan fingerprint density at radius 3 is 2.89 bits per heavy atom. The smallest absolute Gasteiger partial charge is 0.112 e. The number of hydrogen-bond acceptors (Lipinski definition) is 3. The highest BCUT2D eigenvalue weighted by Gasteiger charge is 2.61. The normalized spacial score (nSPS) is 41.7. The molecule has 0 amide bonds. The van der Waals surface area contributed by atoms with Gasteiger partial charge in [-0.25, -0.2) is 0 Å². The lowest BCUT2D eigenvalue weighted by molar-refractivity contribution is -0.204. The molecule has 106 valence electrons. The molecule has 0 aliphatic heterocycles. The maximum atomic E-state index is 11.2. The summed E-state index contributed by atoms with van der Waals surface area (Å²) in [5.74, 6) is 1.36. The average Bonchev–Trinajstić information content (AvgIpc) is 2.70. The van der Waals surface area contributed by atoms with E-state index in [0.29, 0.717) is 12.3 Å². The van der Waals surface area contributed by atoms with Crippen molar-refractivity contribution in [2.24, 2.45) is 11.3 Å². The molecule has 3 nitrogen and oxygen atoms in total. The molecule has 0 unspecified atom stereocenters. The Balaban J connectivity index is 2.19. The molecule has 3 heteroatoms. The molecule has 0 radical (unpaired) electrons. The summed E-state index contributed by atoms with van der Waals surface area (Å²) in [6.07, 6.45) is 5.42. The zero-order chi connectivity index (χ0) is 13.8. The largest absolute Gasteiger partial charge is 0.469 e. The lowest BCUT2D eigenvalue weighted by Crippen LogP contribution is -2.59. The van der Waals surface area contributed by atoms with Gasteiger partial charge in [-0.1, -0.05) is 20.3 Å². The Morgan fingerprint density at radius 2 is 2.21 bits per heavy atom. The maximum Gasteiger partial charge on any atom is 0.112 e. The van der Waals surface area contributed by atoms with Gasteiger partial charge in [0.05, 0.1) is 18.0 Å². The van der Waals surface area contributed by atoms with Crippen LogP contribution in [0.2, 0.25) is 0 Å². The summed E-state index contributed by atoms with van der Waals surface area (Å²) >= 11 is 0. The fourth-order valence-electron chi connectivity index (χ4n) is 4.43. The molecule has 2 aliphatic carbocycles. The maximum absolute atomic E-state index is 11.2. The van der Waals surface area contributed by atoms with Crippen LogP contribution in [-0.4, -0.2) is 17.8 Å². The number of ether oxygens (including phenoxy) is 1. The van der Waals surface area contributed by atoms with E-state index in [1.54, 1.807) is 13.4 Å². The third-order valence-electron chi connectivity index (χ3n) is 5.85. The molecule has 1 N–H and O–H groups in total. The van der Waals surface area contributed by atoms with Gasteiger partial charge in [0.25, 0.3) is 0 Å². The number of hydrogen-bond donors (Lipinski definition) is 1. The highest BCUT2D eigenvalue weighted by atomic mass is 16.5. The number of rotatable bonds is 1. The Kier molecular flexibility index (Phi) is 2.84. The second-order valence-corrected chi connectivity index (χ2v) is 6.66. The van der Waals surface area contributed by atoms with Crippen LogP contribution in [-0.2, 0) is 11.2 Å². The van der Waals surface area contributed by atoms with E-state index in [4.69, 9.17) is 9.15 Å². The molecule has 1 saturated carbocycles. The van der Waals surface area contributed by atoms with E-state index in [0.717, 1.165) is 30.6 Å². The molecule has 2 aliphatic rings. The Morgan fingerprint density at radius 1 is 1.47 bits per heavy atom. The average molecular weight is 264 g/mol. The molecule has 1 fully saturated rings. The van der Waals surface area contributed by atoms with E-state index in [2.05, 4.69) is 20.8 Å². The van der Waals surface area contributed by atoms with Crippen molar-refractivity contribution in [1.82, 2.24) is 0 Å². The summed E-state index contributed by atoms with van der Waals surface area (Å²) in [6, 6.07) is 0. The number of fused-ring (bicyclic) bond motifs is 2. The first kappa shape index (κ1) is 13.2. The summed E-state index contributed by atoms with van der Waals surface area (Å²) in [7, 11) is 1.75. The summed E-state index contributed by atoms with van der Waals surface area (Å²) in [6.45, 7) is 6.51. The number of aryl methyl sites for hydroxylation is 1. The fourth-order valence-corrected chi connectivity index (χ4v) is 4.43. The van der Waals surface area contributed by atoms with E-state index in [9.17, 15) is 5.11 Å². The van der Waals surface area contributed by atoms with Crippen molar-refractivity contribution >= 4 is 0 Å². The lowest BCUT2D eigenvalue weighted by Gasteiger charge is -2.57. The van der Waals surface area contributed by atoms with E-state index in [-0.39, 0.29) is 11.5 Å². The Bertz CT molecular complexity index is 492. The van der Waals surface area contributed by atoms with Crippen molar-refractivity contribution in [2.75, 3.05) is 7.11 Å². The highest BCUT2D eigenvalue weighted by molar-refractivity contribution is 5.37. The van der Waals surface area contributed by atoms with Crippen LogP contribution in [0.25, 0.3) is 0 Å². The molecule has 1 aromatic heterocycles. The van der Waals surface area contributed by atoms with Crippen LogP contribution in [0.3, 0.4) is 0 Å². The second-order valence-electron chi connectivity index (χ2n) is 6.66. The first-order chi connectivity index (χ1) is 8.94. The van der Waals surface area contributed by atoms with Gasteiger partial charge >= 0.3 is 0 Å². The van der Waals surface area contributed by atoms with Gasteiger partial charge in [0, 0.05) is 24.5 Å². The van der Waals surface area contributed by atoms with Crippen molar-refractivity contribution in [2.45, 2.75) is 58.2 Å². The van der Waals surface area contributed by atoms with Crippen LogP contribution >= 0.6 is 0 Å². The van der Waals surface area contributed by atoms with Gasteiger partial charge in [-0.05, 0) is 31.2 Å². The van der Waals surface area contributed by atoms with Crippen molar-refractivity contribution in [3.05, 3.63) is 23.2 Å². The quantitative estimate of drug-likeness (QED) is 0.845. The summed E-state index contributed by atoms with van der Waals surface area (Å²) < 4.78 is 11.5. The van der Waals surface area contributed by atoms with Crippen LogP contribution in [0, 0.1) is 18.3 Å². The minimum atomic E-state index is -0.706. The molecule has 1 aromatic rings. The summed E-state index contributed by atoms with van der Waals surface area (Å²) in [4.78, 5) is 0.